The van der Waals surface area contributed by atoms with Crippen molar-refractivity contribution in [3.63, 3.8) is 0 Å². The number of hydrogen-bond acceptors (Lipinski definition) is 7. The molecule has 1 aromatic carbocycles. The second-order valence-corrected chi connectivity index (χ2v) is 5.30. The molecule has 0 radical (unpaired) electrons. The first-order valence-electron chi connectivity index (χ1n) is 6.34. The SMILES string of the molecule is CCOC(=O)CSc1cc(Cl)c(C(=O)OCC)cc1[N+](=O)[O-]. The number of carbonyl (C=O) groups is 2. The molecule has 0 amide bonds. The summed E-state index contributed by atoms with van der Waals surface area (Å²) in [6, 6.07) is 2.32. The first kappa shape index (κ1) is 18.2. The minimum atomic E-state index is -0.738. The molecule has 22 heavy (non-hydrogen) atoms. The van der Waals surface area contributed by atoms with E-state index >= 15 is 0 Å². The van der Waals surface area contributed by atoms with E-state index in [0.717, 1.165) is 17.8 Å². The van der Waals surface area contributed by atoms with E-state index in [1.54, 1.807) is 13.8 Å². The van der Waals surface area contributed by atoms with Crippen molar-refractivity contribution in [1.29, 1.82) is 0 Å². The van der Waals surface area contributed by atoms with E-state index in [0.29, 0.717) is 0 Å². The second-order valence-electron chi connectivity index (χ2n) is 3.87. The lowest BCUT2D eigenvalue weighted by atomic mass is 10.2. The van der Waals surface area contributed by atoms with Crippen LogP contribution in [0.3, 0.4) is 0 Å². The van der Waals surface area contributed by atoms with Crippen LogP contribution in [-0.4, -0.2) is 35.8 Å². The highest BCUT2D eigenvalue weighted by Gasteiger charge is 2.23. The number of nitro groups is 1. The van der Waals surface area contributed by atoms with Crippen molar-refractivity contribution >= 4 is 41.0 Å². The highest BCUT2D eigenvalue weighted by atomic mass is 35.5. The van der Waals surface area contributed by atoms with E-state index in [1.165, 1.54) is 6.07 Å². The maximum Gasteiger partial charge on any atom is 0.339 e. The normalized spacial score (nSPS) is 10.1. The third-order valence-electron chi connectivity index (χ3n) is 2.39. The number of esters is 2. The van der Waals surface area contributed by atoms with Gasteiger partial charge in [0.05, 0.1) is 39.4 Å². The third kappa shape index (κ3) is 4.88. The van der Waals surface area contributed by atoms with Crippen molar-refractivity contribution in [3.05, 3.63) is 32.8 Å². The Morgan fingerprint density at radius 3 is 2.45 bits per heavy atom. The predicted octanol–water partition coefficient (Wildman–Crippen LogP) is 3.08. The van der Waals surface area contributed by atoms with E-state index in [2.05, 4.69) is 0 Å². The van der Waals surface area contributed by atoms with Crippen molar-refractivity contribution in [1.82, 2.24) is 0 Å². The zero-order valence-corrected chi connectivity index (χ0v) is 13.5. The van der Waals surface area contributed by atoms with Gasteiger partial charge in [-0.2, -0.15) is 0 Å². The van der Waals surface area contributed by atoms with Crippen molar-refractivity contribution < 1.29 is 24.0 Å². The molecule has 0 saturated carbocycles. The maximum absolute atomic E-state index is 11.7. The van der Waals surface area contributed by atoms with Crippen molar-refractivity contribution in [3.8, 4) is 0 Å². The zero-order chi connectivity index (χ0) is 16.7. The van der Waals surface area contributed by atoms with Gasteiger partial charge in [-0.3, -0.25) is 14.9 Å². The monoisotopic (exact) mass is 347 g/mol. The molecule has 0 atom stereocenters. The molecule has 0 N–H and O–H groups in total. The Kier molecular flexibility index (Phi) is 7.13. The topological polar surface area (TPSA) is 95.7 Å². The van der Waals surface area contributed by atoms with Crippen LogP contribution >= 0.6 is 23.4 Å². The first-order valence-corrected chi connectivity index (χ1v) is 7.70. The van der Waals surface area contributed by atoms with Gasteiger partial charge in [0.15, 0.2) is 0 Å². The molecule has 0 aliphatic rings. The standard InChI is InChI=1S/C13H14ClNO6S/c1-3-20-12(16)7-22-11-6-9(14)8(13(17)21-4-2)5-10(11)15(18)19/h5-6H,3-4,7H2,1-2H3. The third-order valence-corrected chi connectivity index (χ3v) is 3.72. The Morgan fingerprint density at radius 1 is 1.27 bits per heavy atom. The van der Waals surface area contributed by atoms with Crippen molar-refractivity contribution in [2.45, 2.75) is 18.7 Å². The molecule has 0 aromatic heterocycles. The lowest BCUT2D eigenvalue weighted by Gasteiger charge is -2.08. The van der Waals surface area contributed by atoms with E-state index in [9.17, 15) is 19.7 Å². The first-order chi connectivity index (χ1) is 10.4. The van der Waals surface area contributed by atoms with Crippen LogP contribution in [-0.2, 0) is 14.3 Å². The molecule has 0 spiro atoms. The molecule has 0 aliphatic carbocycles. The number of rotatable bonds is 7. The predicted molar refractivity (Wildman–Crippen MR) is 81.4 cm³/mol. The fraction of sp³-hybridized carbons (Fsp3) is 0.385. The fourth-order valence-corrected chi connectivity index (χ4v) is 2.65. The Bertz CT molecular complexity index is 592. The van der Waals surface area contributed by atoms with Crippen molar-refractivity contribution in [2.75, 3.05) is 19.0 Å². The molecule has 0 unspecified atom stereocenters. The van der Waals surface area contributed by atoms with E-state index < -0.39 is 16.9 Å². The molecule has 0 heterocycles. The molecule has 1 aromatic rings. The average Bonchev–Trinajstić information content (AvgIpc) is 2.45. The molecule has 120 valence electrons. The lowest BCUT2D eigenvalue weighted by Crippen LogP contribution is -2.08. The van der Waals surface area contributed by atoms with Crippen LogP contribution in [0.1, 0.15) is 24.2 Å². The summed E-state index contributed by atoms with van der Waals surface area (Å²) >= 11 is 6.88. The van der Waals surface area contributed by atoms with Crippen LogP contribution in [0.2, 0.25) is 5.02 Å². The van der Waals surface area contributed by atoms with Gasteiger partial charge in [-0.25, -0.2) is 4.79 Å². The highest BCUT2D eigenvalue weighted by Crippen LogP contribution is 2.34. The summed E-state index contributed by atoms with van der Waals surface area (Å²) in [5.74, 6) is -1.33. The molecule has 0 bridgehead atoms. The van der Waals surface area contributed by atoms with Crippen LogP contribution in [0.15, 0.2) is 17.0 Å². The number of ether oxygens (including phenoxy) is 2. The van der Waals surface area contributed by atoms with E-state index in [4.69, 9.17) is 21.1 Å². The summed E-state index contributed by atoms with van der Waals surface area (Å²) < 4.78 is 9.54. The summed E-state index contributed by atoms with van der Waals surface area (Å²) in [7, 11) is 0. The van der Waals surface area contributed by atoms with E-state index in [-0.39, 0.29) is 40.1 Å². The van der Waals surface area contributed by atoms with Crippen LogP contribution in [0.5, 0.6) is 0 Å². The Morgan fingerprint density at radius 2 is 1.91 bits per heavy atom. The van der Waals surface area contributed by atoms with Crippen LogP contribution in [0.4, 0.5) is 5.69 Å². The number of nitro benzene ring substituents is 1. The van der Waals surface area contributed by atoms with E-state index in [1.807, 2.05) is 0 Å². The molecule has 0 aliphatic heterocycles. The molecular formula is C13H14ClNO6S. The van der Waals surface area contributed by atoms with Crippen LogP contribution in [0, 0.1) is 10.1 Å². The summed E-state index contributed by atoms with van der Waals surface area (Å²) in [6.07, 6.45) is 0. The average molecular weight is 348 g/mol. The number of hydrogen-bond donors (Lipinski definition) is 0. The molecule has 7 nitrogen and oxygen atoms in total. The van der Waals surface area contributed by atoms with Gasteiger partial charge in [0.25, 0.3) is 5.69 Å². The largest absolute Gasteiger partial charge is 0.465 e. The Balaban J connectivity index is 3.07. The van der Waals surface area contributed by atoms with Gasteiger partial charge in [0, 0.05) is 6.07 Å². The zero-order valence-electron chi connectivity index (χ0n) is 12.0. The van der Waals surface area contributed by atoms with Crippen molar-refractivity contribution in [2.24, 2.45) is 0 Å². The van der Waals surface area contributed by atoms with Gasteiger partial charge in [-0.05, 0) is 19.9 Å². The van der Waals surface area contributed by atoms with Gasteiger partial charge in [0.1, 0.15) is 0 Å². The fourth-order valence-electron chi connectivity index (χ4n) is 1.51. The van der Waals surface area contributed by atoms with Gasteiger partial charge >= 0.3 is 11.9 Å². The van der Waals surface area contributed by atoms with Crippen LogP contribution in [0.25, 0.3) is 0 Å². The lowest BCUT2D eigenvalue weighted by molar-refractivity contribution is -0.387. The molecule has 1 rings (SSSR count). The van der Waals surface area contributed by atoms with Gasteiger partial charge in [0.2, 0.25) is 0 Å². The number of benzene rings is 1. The highest BCUT2D eigenvalue weighted by molar-refractivity contribution is 8.00. The number of thioether (sulfide) groups is 1. The Labute approximate surface area is 136 Å². The van der Waals surface area contributed by atoms with Gasteiger partial charge in [-0.15, -0.1) is 11.8 Å². The van der Waals surface area contributed by atoms with Crippen LogP contribution < -0.4 is 0 Å². The summed E-state index contributed by atoms with van der Waals surface area (Å²) in [5, 5.41) is 11.1. The minimum Gasteiger partial charge on any atom is -0.465 e. The summed E-state index contributed by atoms with van der Waals surface area (Å²) in [5.41, 5.74) is -0.405. The number of nitrogens with zero attached hydrogens (tertiary/aromatic N) is 1. The second kappa shape index (κ2) is 8.60. The Hall–Kier alpha value is -1.80. The number of carbonyl (C=O) groups excluding carboxylic acids is 2. The summed E-state index contributed by atoms with van der Waals surface area (Å²) in [4.78, 5) is 33.7. The summed E-state index contributed by atoms with van der Waals surface area (Å²) in [6.45, 7) is 3.63. The molecule has 9 heteroatoms. The quantitative estimate of drug-likeness (QED) is 0.323. The maximum atomic E-state index is 11.7. The minimum absolute atomic E-state index is 0.0235. The molecule has 0 saturated heterocycles. The number of halogens is 1. The molecule has 0 fully saturated rings. The molecular weight excluding hydrogens is 334 g/mol. The van der Waals surface area contributed by atoms with Gasteiger partial charge in [-0.1, -0.05) is 11.6 Å². The smallest absolute Gasteiger partial charge is 0.339 e. The van der Waals surface area contributed by atoms with Gasteiger partial charge < -0.3 is 9.47 Å².